The first-order valence-corrected chi connectivity index (χ1v) is 10.1. The van der Waals surface area contributed by atoms with E-state index in [2.05, 4.69) is 0 Å². The van der Waals surface area contributed by atoms with Gasteiger partial charge in [-0.05, 0) is 32.3 Å². The molecule has 3 aliphatic rings. The lowest BCUT2D eigenvalue weighted by molar-refractivity contribution is 0.0126. The zero-order valence-corrected chi connectivity index (χ0v) is 17.5. The van der Waals surface area contributed by atoms with Gasteiger partial charge in [0.2, 0.25) is 5.43 Å². The van der Waals surface area contributed by atoms with Crippen molar-refractivity contribution in [2.75, 3.05) is 31.1 Å². The van der Waals surface area contributed by atoms with E-state index in [1.54, 1.807) is 13.0 Å². The number of aromatic carboxylic acids is 1. The van der Waals surface area contributed by atoms with Crippen molar-refractivity contribution in [3.8, 4) is 0 Å². The van der Waals surface area contributed by atoms with Crippen LogP contribution in [0.5, 0.6) is 0 Å². The van der Waals surface area contributed by atoms with Gasteiger partial charge in [-0.2, -0.15) is 0 Å². The molecule has 9 heteroatoms. The molecule has 3 heterocycles. The van der Waals surface area contributed by atoms with Gasteiger partial charge in [0.25, 0.3) is 0 Å². The second-order valence-corrected chi connectivity index (χ2v) is 8.53. The number of fused-ring (bicyclic) bond motifs is 2. The molecule has 1 saturated carbocycles. The van der Waals surface area contributed by atoms with Crippen LogP contribution < -0.4 is 16.1 Å². The largest absolute Gasteiger partial charge is 0.477 e. The van der Waals surface area contributed by atoms with E-state index in [-0.39, 0.29) is 40.9 Å². The Balaban J connectivity index is 0.00000218. The molecule has 162 valence electrons. The van der Waals surface area contributed by atoms with Gasteiger partial charge in [-0.15, -0.1) is 12.4 Å². The van der Waals surface area contributed by atoms with E-state index in [0.29, 0.717) is 37.4 Å². The smallest absolute Gasteiger partial charge is 0.341 e. The molecule has 2 unspecified atom stereocenters. The number of hydrogen-bond acceptors (Lipinski definition) is 5. The van der Waals surface area contributed by atoms with E-state index in [4.69, 9.17) is 10.5 Å². The highest BCUT2D eigenvalue weighted by Crippen LogP contribution is 2.43. The van der Waals surface area contributed by atoms with Crippen molar-refractivity contribution in [2.45, 2.75) is 37.8 Å². The molecule has 2 aromatic rings. The molecule has 3 fully saturated rings. The molecule has 7 nitrogen and oxygen atoms in total. The fraction of sp³-hybridized carbons (Fsp3) is 0.524. The number of carbonyl (C=O) groups is 1. The average Bonchev–Trinajstić information content (AvgIpc) is 3.35. The number of anilines is 1. The minimum atomic E-state index is -1.29. The lowest BCUT2D eigenvalue weighted by Crippen LogP contribution is -2.44. The molecule has 1 aromatic carbocycles. The molecule has 1 aliphatic carbocycles. The van der Waals surface area contributed by atoms with Gasteiger partial charge in [0, 0.05) is 50.0 Å². The fourth-order valence-electron chi connectivity index (χ4n) is 5.03. The van der Waals surface area contributed by atoms with Crippen LogP contribution in [0.25, 0.3) is 10.9 Å². The van der Waals surface area contributed by atoms with Crippen LogP contribution in [-0.2, 0) is 4.74 Å². The second kappa shape index (κ2) is 7.21. The Kier molecular flexibility index (Phi) is 5.07. The minimum absolute atomic E-state index is 0. The number of pyridine rings is 1. The molecule has 2 saturated heterocycles. The van der Waals surface area contributed by atoms with Gasteiger partial charge < -0.3 is 25.0 Å². The summed E-state index contributed by atoms with van der Waals surface area (Å²) in [4.78, 5) is 26.4. The number of aromatic nitrogens is 1. The van der Waals surface area contributed by atoms with Gasteiger partial charge in [0.05, 0.1) is 16.6 Å². The summed E-state index contributed by atoms with van der Waals surface area (Å²) in [6.45, 7) is 3.78. The summed E-state index contributed by atoms with van der Waals surface area (Å²) in [6, 6.07) is 1.85. The summed E-state index contributed by atoms with van der Waals surface area (Å²) in [5, 5.41) is 9.60. The summed E-state index contributed by atoms with van der Waals surface area (Å²) < 4.78 is 23.2. The Morgan fingerprint density at radius 1 is 1.40 bits per heavy atom. The van der Waals surface area contributed by atoms with E-state index >= 15 is 4.39 Å². The first-order chi connectivity index (χ1) is 13.9. The number of rotatable bonds is 4. The van der Waals surface area contributed by atoms with Gasteiger partial charge in [-0.25, -0.2) is 9.18 Å². The van der Waals surface area contributed by atoms with E-state index in [0.717, 1.165) is 19.3 Å². The number of halogens is 2. The van der Waals surface area contributed by atoms with Crippen LogP contribution in [0.2, 0.25) is 0 Å². The molecular weight excluding hydrogens is 413 g/mol. The second-order valence-electron chi connectivity index (χ2n) is 8.53. The molecule has 0 amide bonds. The van der Waals surface area contributed by atoms with Crippen LogP contribution >= 0.6 is 12.4 Å². The van der Waals surface area contributed by atoms with Crippen LogP contribution in [0, 0.1) is 18.7 Å². The molecule has 0 bridgehead atoms. The number of nitrogens with zero attached hydrogens (tertiary/aromatic N) is 2. The maximum atomic E-state index is 15.4. The number of carboxylic acids is 1. The van der Waals surface area contributed by atoms with E-state index in [1.807, 2.05) is 9.47 Å². The van der Waals surface area contributed by atoms with E-state index < -0.39 is 22.8 Å². The monoisotopic (exact) mass is 437 g/mol. The van der Waals surface area contributed by atoms with Crippen LogP contribution in [0.3, 0.4) is 0 Å². The fourth-order valence-corrected chi connectivity index (χ4v) is 5.03. The number of carboxylic acid groups (broad SMARTS) is 1. The first-order valence-electron chi connectivity index (χ1n) is 10.1. The molecule has 1 aromatic heterocycles. The van der Waals surface area contributed by atoms with Crippen LogP contribution in [0.1, 0.15) is 41.2 Å². The van der Waals surface area contributed by atoms with Crippen molar-refractivity contribution >= 4 is 35.0 Å². The summed E-state index contributed by atoms with van der Waals surface area (Å²) in [7, 11) is 0. The summed E-state index contributed by atoms with van der Waals surface area (Å²) >= 11 is 0. The lowest BCUT2D eigenvalue weighted by atomic mass is 9.91. The first kappa shape index (κ1) is 21.1. The van der Waals surface area contributed by atoms with Crippen LogP contribution in [0.4, 0.5) is 10.1 Å². The van der Waals surface area contributed by atoms with Crippen LogP contribution in [-0.4, -0.2) is 47.5 Å². The Bertz CT molecular complexity index is 1100. The zero-order valence-electron chi connectivity index (χ0n) is 16.7. The van der Waals surface area contributed by atoms with Crippen molar-refractivity contribution in [3.63, 3.8) is 0 Å². The number of aryl methyl sites for hydroxylation is 1. The van der Waals surface area contributed by atoms with Gasteiger partial charge in [-0.3, -0.25) is 4.79 Å². The quantitative estimate of drug-likeness (QED) is 0.762. The molecule has 5 rings (SSSR count). The Morgan fingerprint density at radius 3 is 2.73 bits per heavy atom. The number of nitrogens with two attached hydrogens (primary N) is 1. The number of benzene rings is 1. The zero-order chi connectivity index (χ0) is 20.5. The minimum Gasteiger partial charge on any atom is -0.477 e. The third-order valence-electron chi connectivity index (χ3n) is 6.83. The summed E-state index contributed by atoms with van der Waals surface area (Å²) in [5.41, 5.74) is 5.82. The normalized spacial score (nSPS) is 25.4. The average molecular weight is 438 g/mol. The van der Waals surface area contributed by atoms with Gasteiger partial charge in [0.15, 0.2) is 0 Å². The third-order valence-corrected chi connectivity index (χ3v) is 6.83. The topological polar surface area (TPSA) is 97.8 Å². The summed E-state index contributed by atoms with van der Waals surface area (Å²) in [6.07, 6.45) is 4.14. The molecule has 0 radical (unpaired) electrons. The van der Waals surface area contributed by atoms with Crippen molar-refractivity contribution in [2.24, 2.45) is 11.7 Å². The highest BCUT2D eigenvalue weighted by atomic mass is 35.5. The maximum Gasteiger partial charge on any atom is 0.341 e. The number of hydrogen-bond donors (Lipinski definition) is 2. The van der Waals surface area contributed by atoms with E-state index in [1.165, 1.54) is 6.20 Å². The van der Waals surface area contributed by atoms with Crippen molar-refractivity contribution in [1.82, 2.24) is 4.57 Å². The summed E-state index contributed by atoms with van der Waals surface area (Å²) in [5.74, 6) is -1.51. The molecule has 30 heavy (non-hydrogen) atoms. The van der Waals surface area contributed by atoms with E-state index in [9.17, 15) is 14.7 Å². The number of ether oxygens (including phenoxy) is 1. The van der Waals surface area contributed by atoms with Gasteiger partial charge >= 0.3 is 5.97 Å². The van der Waals surface area contributed by atoms with Crippen LogP contribution in [0.15, 0.2) is 17.1 Å². The standard InChI is InChI=1S/C21H24FN3O4.ClH/c1-11-17-15(25(13-2-3-13)8-14(19(17)26)20(27)28)6-16(18(11)22)24-7-12-4-5-29-21(12,9-23)10-24;/h6,8,12-13H,2-5,7,9-10,23H2,1H3,(H,27,28);1H. The maximum absolute atomic E-state index is 15.4. The lowest BCUT2D eigenvalue weighted by Gasteiger charge is -2.27. The van der Waals surface area contributed by atoms with Crippen molar-refractivity contribution in [3.05, 3.63) is 39.4 Å². The van der Waals surface area contributed by atoms with Crippen molar-refractivity contribution < 1.29 is 19.0 Å². The molecule has 0 spiro atoms. The Labute approximate surface area is 179 Å². The Hall–Kier alpha value is -2.16. The third kappa shape index (κ3) is 2.92. The molecule has 2 aliphatic heterocycles. The highest BCUT2D eigenvalue weighted by molar-refractivity contribution is 5.95. The highest BCUT2D eigenvalue weighted by Gasteiger charge is 2.50. The predicted molar refractivity (Wildman–Crippen MR) is 113 cm³/mol. The predicted octanol–water partition coefficient (Wildman–Crippen LogP) is 2.46. The van der Waals surface area contributed by atoms with Crippen molar-refractivity contribution in [1.29, 1.82) is 0 Å². The van der Waals surface area contributed by atoms with Gasteiger partial charge in [-0.1, -0.05) is 0 Å². The Morgan fingerprint density at radius 2 is 2.13 bits per heavy atom. The molecular formula is C21H25ClFN3O4. The SMILES string of the molecule is Cc1c(F)c(N2CC3CCOC3(CN)C2)cc2c1c(=O)c(C(=O)O)cn2C1CC1.Cl. The molecule has 2 atom stereocenters. The van der Waals surface area contributed by atoms with Gasteiger partial charge in [0.1, 0.15) is 17.0 Å². The molecule has 3 N–H and O–H groups in total.